The molecule has 0 bridgehead atoms. The maximum absolute atomic E-state index is 13.9. The molecule has 0 aliphatic heterocycles. The molecule has 0 radical (unpaired) electrons. The molecule has 1 aromatic carbocycles. The Labute approximate surface area is 109 Å². The van der Waals surface area contributed by atoms with Crippen LogP contribution in [-0.2, 0) is 0 Å². The Kier molecular flexibility index (Phi) is 5.72. The van der Waals surface area contributed by atoms with Gasteiger partial charge in [0.15, 0.2) is 0 Å². The van der Waals surface area contributed by atoms with Gasteiger partial charge in [-0.3, -0.25) is 0 Å². The van der Waals surface area contributed by atoms with Crippen LogP contribution in [0.1, 0.15) is 24.5 Å². The van der Waals surface area contributed by atoms with E-state index in [1.165, 1.54) is 0 Å². The second-order valence-corrected chi connectivity index (χ2v) is 4.96. The molecule has 1 atom stereocenters. The molecule has 1 unspecified atom stereocenters. The van der Waals surface area contributed by atoms with Crippen LogP contribution in [0, 0.1) is 23.1 Å². The third-order valence-electron chi connectivity index (χ3n) is 1.91. The first-order valence-electron chi connectivity index (χ1n) is 4.68. The lowest BCUT2D eigenvalue weighted by Gasteiger charge is -2.08. The van der Waals surface area contributed by atoms with E-state index < -0.39 is 5.82 Å². The summed E-state index contributed by atoms with van der Waals surface area (Å²) in [4.78, 5) is 0. The molecule has 1 aromatic rings. The summed E-state index contributed by atoms with van der Waals surface area (Å²) in [7, 11) is 0. The lowest BCUT2D eigenvalue weighted by molar-refractivity contribution is 0.623. The fourth-order valence-corrected chi connectivity index (χ4v) is 2.37. The van der Waals surface area contributed by atoms with Crippen molar-refractivity contribution in [1.82, 2.24) is 0 Å². The molecular formula is C11H11FIN2P. The Morgan fingerprint density at radius 1 is 1.62 bits per heavy atom. The van der Waals surface area contributed by atoms with Crippen molar-refractivity contribution in [3.8, 4) is 11.8 Å². The Balaban J connectivity index is 3.22. The molecule has 1 rings (SSSR count). The van der Waals surface area contributed by atoms with Crippen LogP contribution in [-0.4, -0.2) is 6.21 Å². The first-order valence-corrected chi connectivity index (χ1v) is 8.79. The summed E-state index contributed by atoms with van der Waals surface area (Å²) in [5.74, 6) is 5.15. The van der Waals surface area contributed by atoms with Crippen LogP contribution in [0.15, 0.2) is 12.1 Å². The molecule has 0 heterocycles. The first kappa shape index (κ1) is 13.4. The van der Waals surface area contributed by atoms with E-state index in [1.807, 2.05) is 6.92 Å². The Morgan fingerprint density at radius 3 is 2.94 bits per heavy atom. The van der Waals surface area contributed by atoms with Crippen LogP contribution in [0.3, 0.4) is 0 Å². The maximum atomic E-state index is 13.9. The van der Waals surface area contributed by atoms with E-state index in [2.05, 4.69) is 39.0 Å². The molecule has 0 spiro atoms. The van der Waals surface area contributed by atoms with Crippen molar-refractivity contribution in [3.05, 3.63) is 29.1 Å². The minimum Gasteiger partial charge on any atom is -0.358 e. The fourth-order valence-electron chi connectivity index (χ4n) is 1.17. The molecule has 84 valence electrons. The number of benzene rings is 1. The van der Waals surface area contributed by atoms with E-state index in [0.29, 0.717) is 24.0 Å². The highest BCUT2D eigenvalue weighted by Crippen LogP contribution is 2.28. The van der Waals surface area contributed by atoms with Crippen molar-refractivity contribution in [2.24, 2.45) is 0 Å². The highest BCUT2D eigenvalue weighted by atomic mass is 127. The zero-order valence-electron chi connectivity index (χ0n) is 8.70. The van der Waals surface area contributed by atoms with Crippen molar-refractivity contribution < 1.29 is 4.39 Å². The fraction of sp³-hybridized carbons (Fsp3) is 0.182. The van der Waals surface area contributed by atoms with Crippen LogP contribution in [0.2, 0.25) is 0 Å². The molecule has 0 saturated carbocycles. The van der Waals surface area contributed by atoms with Gasteiger partial charge in [0, 0.05) is 24.7 Å². The largest absolute Gasteiger partial charge is 0.358 e. The molecule has 0 aliphatic carbocycles. The predicted molar refractivity (Wildman–Crippen MR) is 77.4 cm³/mol. The molecule has 5 heteroatoms. The number of hydrogen-bond acceptors (Lipinski definition) is 2. The quantitative estimate of drug-likeness (QED) is 0.369. The zero-order chi connectivity index (χ0) is 12.0. The molecule has 2 nitrogen and oxygen atoms in total. The first-order chi connectivity index (χ1) is 7.74. The van der Waals surface area contributed by atoms with E-state index in [4.69, 9.17) is 5.41 Å². The normalized spacial score (nSPS) is 9.94. The van der Waals surface area contributed by atoms with Crippen LogP contribution in [0.4, 0.5) is 10.1 Å². The highest BCUT2D eigenvalue weighted by molar-refractivity contribution is 14.2. The topological polar surface area (TPSA) is 35.9 Å². The van der Waals surface area contributed by atoms with E-state index in [9.17, 15) is 4.39 Å². The van der Waals surface area contributed by atoms with Crippen molar-refractivity contribution in [3.63, 3.8) is 0 Å². The van der Waals surface area contributed by atoms with Gasteiger partial charge in [0.25, 0.3) is 0 Å². The van der Waals surface area contributed by atoms with Gasteiger partial charge in [0.1, 0.15) is 5.82 Å². The van der Waals surface area contributed by atoms with Gasteiger partial charge in [-0.15, -0.1) is 0 Å². The summed E-state index contributed by atoms with van der Waals surface area (Å²) in [5.41, 5.74) is 1.26. The van der Waals surface area contributed by atoms with E-state index >= 15 is 0 Å². The second-order valence-electron chi connectivity index (χ2n) is 2.91. The average molecular weight is 348 g/mol. The Morgan fingerprint density at radius 2 is 2.38 bits per heavy atom. The van der Waals surface area contributed by atoms with Crippen molar-refractivity contribution in [2.75, 3.05) is 5.09 Å². The third kappa shape index (κ3) is 3.16. The summed E-state index contributed by atoms with van der Waals surface area (Å²) in [6.45, 7) is 1.91. The average Bonchev–Trinajstić information content (AvgIpc) is 2.29. The Hall–Kier alpha value is -0.660. The lowest BCUT2D eigenvalue weighted by atomic mass is 10.1. The molecule has 0 fully saturated rings. The van der Waals surface area contributed by atoms with Crippen molar-refractivity contribution in [2.45, 2.75) is 13.3 Å². The number of nitrogens with one attached hydrogen (secondary N) is 2. The van der Waals surface area contributed by atoms with Gasteiger partial charge in [-0.1, -0.05) is 18.8 Å². The monoisotopic (exact) mass is 348 g/mol. The molecule has 0 aliphatic rings. The SMILES string of the molecule is CCC#Cc1ccc(NPI)c(C=N)c1F. The van der Waals surface area contributed by atoms with Crippen LogP contribution >= 0.6 is 28.4 Å². The summed E-state index contributed by atoms with van der Waals surface area (Å²) in [5, 5.41) is 10.3. The van der Waals surface area contributed by atoms with Gasteiger partial charge in [-0.05, 0) is 34.2 Å². The van der Waals surface area contributed by atoms with Gasteiger partial charge in [0.2, 0.25) is 0 Å². The molecule has 0 saturated heterocycles. The van der Waals surface area contributed by atoms with Gasteiger partial charge in [-0.25, -0.2) is 4.39 Å². The van der Waals surface area contributed by atoms with Gasteiger partial charge in [0.05, 0.1) is 11.1 Å². The summed E-state index contributed by atoms with van der Waals surface area (Å²) >= 11 is 2.16. The Bertz CT molecular complexity index is 451. The van der Waals surface area contributed by atoms with Crippen molar-refractivity contribution >= 4 is 40.3 Å². The van der Waals surface area contributed by atoms with E-state index in [-0.39, 0.29) is 5.56 Å². The zero-order valence-corrected chi connectivity index (χ0v) is 11.9. The molecule has 16 heavy (non-hydrogen) atoms. The van der Waals surface area contributed by atoms with Crippen LogP contribution in [0.5, 0.6) is 0 Å². The molecule has 0 amide bonds. The summed E-state index contributed by atoms with van der Waals surface area (Å²) in [6, 6.07) is 3.40. The third-order valence-corrected chi connectivity index (χ3v) is 3.08. The number of rotatable bonds is 3. The predicted octanol–water partition coefficient (Wildman–Crippen LogP) is 3.94. The number of anilines is 1. The smallest absolute Gasteiger partial charge is 0.149 e. The van der Waals surface area contributed by atoms with Gasteiger partial charge < -0.3 is 10.5 Å². The minimum atomic E-state index is -0.421. The minimum absolute atomic E-state index is 0.270. The summed E-state index contributed by atoms with van der Waals surface area (Å²) in [6.07, 6.45) is 2.15. The highest BCUT2D eigenvalue weighted by Gasteiger charge is 2.09. The van der Waals surface area contributed by atoms with E-state index in [1.54, 1.807) is 12.1 Å². The second kappa shape index (κ2) is 6.82. The lowest BCUT2D eigenvalue weighted by Crippen LogP contribution is -1.97. The number of halogens is 2. The molecule has 2 N–H and O–H groups in total. The summed E-state index contributed by atoms with van der Waals surface area (Å²) < 4.78 is 13.9. The molecule has 0 aromatic heterocycles. The van der Waals surface area contributed by atoms with Crippen LogP contribution in [0.25, 0.3) is 0 Å². The maximum Gasteiger partial charge on any atom is 0.149 e. The van der Waals surface area contributed by atoms with Gasteiger partial charge >= 0.3 is 0 Å². The van der Waals surface area contributed by atoms with E-state index in [0.717, 1.165) is 6.21 Å². The van der Waals surface area contributed by atoms with Gasteiger partial charge in [-0.2, -0.15) is 0 Å². The number of hydrogen-bond donors (Lipinski definition) is 2. The standard InChI is InChI=1S/C11H11FIN2P/c1-2-3-4-8-5-6-10(15-16-13)9(7-14)11(8)12/h5-7,14-16H,2H2,1H3. The molecular weight excluding hydrogens is 337 g/mol. The van der Waals surface area contributed by atoms with Crippen molar-refractivity contribution in [1.29, 1.82) is 5.41 Å². The van der Waals surface area contributed by atoms with Crippen LogP contribution < -0.4 is 5.09 Å².